The molecule has 0 saturated heterocycles. The van der Waals surface area contributed by atoms with Crippen LogP contribution in [0.1, 0.15) is 31.8 Å². The van der Waals surface area contributed by atoms with E-state index in [0.717, 1.165) is 11.6 Å². The van der Waals surface area contributed by atoms with E-state index in [9.17, 15) is 24.5 Å². The first-order valence-corrected chi connectivity index (χ1v) is 10.0. The molecule has 0 aliphatic rings. The van der Waals surface area contributed by atoms with Crippen molar-refractivity contribution in [3.63, 3.8) is 0 Å². The van der Waals surface area contributed by atoms with Crippen LogP contribution in [0.2, 0.25) is 0 Å². The summed E-state index contributed by atoms with van der Waals surface area (Å²) in [5.74, 6) is -1.73. The average molecular weight is 460 g/mol. The molecule has 0 atom stereocenters. The molecule has 0 heterocycles. The number of nitrogens with one attached hydrogen (secondary N) is 2. The van der Waals surface area contributed by atoms with E-state index in [1.165, 1.54) is 36.5 Å². The molecule has 2 N–H and O–H groups in total. The van der Waals surface area contributed by atoms with Crippen molar-refractivity contribution in [3.8, 4) is 0 Å². The van der Waals surface area contributed by atoms with Gasteiger partial charge < -0.3 is 10.1 Å². The zero-order valence-corrected chi connectivity index (χ0v) is 18.1. The number of hydrazone groups is 1. The predicted octanol–water partition coefficient (Wildman–Crippen LogP) is 3.46. The van der Waals surface area contributed by atoms with Crippen molar-refractivity contribution >= 4 is 35.4 Å². The van der Waals surface area contributed by atoms with Crippen molar-refractivity contribution < 1.29 is 24.0 Å². The number of benzene rings is 3. The molecular weight excluding hydrogens is 440 g/mol. The minimum absolute atomic E-state index is 0.0934. The minimum Gasteiger partial charge on any atom is -0.452 e. The van der Waals surface area contributed by atoms with Crippen LogP contribution in [0.4, 0.5) is 11.4 Å². The number of ether oxygens (including phenoxy) is 1. The Morgan fingerprint density at radius 2 is 1.71 bits per heavy atom. The van der Waals surface area contributed by atoms with Crippen molar-refractivity contribution in [1.82, 2.24) is 5.43 Å². The van der Waals surface area contributed by atoms with Gasteiger partial charge in [0.15, 0.2) is 6.61 Å². The monoisotopic (exact) mass is 460 g/mol. The zero-order chi connectivity index (χ0) is 24.5. The molecule has 0 unspecified atom stereocenters. The second-order valence-electron chi connectivity index (χ2n) is 7.12. The number of hydrogen-bond donors (Lipinski definition) is 2. The van der Waals surface area contributed by atoms with Gasteiger partial charge in [0.1, 0.15) is 0 Å². The number of amides is 2. The van der Waals surface area contributed by atoms with Crippen molar-refractivity contribution in [2.45, 2.75) is 6.92 Å². The summed E-state index contributed by atoms with van der Waals surface area (Å²) in [5.41, 5.74) is 4.65. The van der Waals surface area contributed by atoms with Crippen molar-refractivity contribution in [2.75, 3.05) is 11.9 Å². The summed E-state index contributed by atoms with van der Waals surface area (Å²) in [6.45, 7) is 1.50. The SMILES string of the molecule is Cc1ccc(NC(=O)COC(=O)c2ccc(/C=N/NC(=O)c3cccc([N+](=O)[O-])c3)cc2)cc1. The molecule has 3 aromatic rings. The van der Waals surface area contributed by atoms with Gasteiger partial charge in [-0.3, -0.25) is 19.7 Å². The topological polar surface area (TPSA) is 140 Å². The van der Waals surface area contributed by atoms with E-state index in [-0.39, 0.29) is 16.8 Å². The first-order chi connectivity index (χ1) is 16.3. The largest absolute Gasteiger partial charge is 0.452 e. The summed E-state index contributed by atoms with van der Waals surface area (Å²) in [6.07, 6.45) is 1.35. The third-order valence-electron chi connectivity index (χ3n) is 4.51. The van der Waals surface area contributed by atoms with Gasteiger partial charge in [-0.1, -0.05) is 35.9 Å². The lowest BCUT2D eigenvalue weighted by Crippen LogP contribution is -2.20. The molecular formula is C24H20N4O6. The van der Waals surface area contributed by atoms with Gasteiger partial charge in [-0.25, -0.2) is 10.2 Å². The van der Waals surface area contributed by atoms with E-state index in [0.29, 0.717) is 11.3 Å². The lowest BCUT2D eigenvalue weighted by molar-refractivity contribution is -0.384. The molecule has 0 bridgehead atoms. The van der Waals surface area contributed by atoms with Crippen molar-refractivity contribution in [2.24, 2.45) is 5.10 Å². The number of rotatable bonds is 8. The Balaban J connectivity index is 1.48. The number of nitro groups is 1. The Labute approximate surface area is 194 Å². The lowest BCUT2D eigenvalue weighted by Gasteiger charge is -2.07. The van der Waals surface area contributed by atoms with Gasteiger partial charge in [0.05, 0.1) is 16.7 Å². The Morgan fingerprint density at radius 1 is 1.00 bits per heavy atom. The number of nitrogens with zero attached hydrogens (tertiary/aromatic N) is 2. The first kappa shape index (κ1) is 23.8. The van der Waals surface area contributed by atoms with Gasteiger partial charge in [0.25, 0.3) is 17.5 Å². The van der Waals surface area contributed by atoms with Gasteiger partial charge in [0, 0.05) is 23.4 Å². The number of aryl methyl sites for hydroxylation is 1. The smallest absolute Gasteiger partial charge is 0.338 e. The molecule has 3 aromatic carbocycles. The maximum atomic E-state index is 12.2. The molecule has 0 aromatic heterocycles. The maximum absolute atomic E-state index is 12.2. The van der Waals surface area contributed by atoms with Crippen LogP contribution in [0.3, 0.4) is 0 Å². The molecule has 0 aliphatic carbocycles. The minimum atomic E-state index is -0.665. The van der Waals surface area contributed by atoms with Crippen molar-refractivity contribution in [3.05, 3.63) is 105 Å². The van der Waals surface area contributed by atoms with Crippen LogP contribution in [0, 0.1) is 17.0 Å². The highest BCUT2D eigenvalue weighted by atomic mass is 16.6. The maximum Gasteiger partial charge on any atom is 0.338 e. The van der Waals surface area contributed by atoms with E-state index in [4.69, 9.17) is 4.74 Å². The fraction of sp³-hybridized carbons (Fsp3) is 0.0833. The highest BCUT2D eigenvalue weighted by molar-refractivity contribution is 5.96. The molecule has 0 spiro atoms. The lowest BCUT2D eigenvalue weighted by atomic mass is 10.1. The third-order valence-corrected chi connectivity index (χ3v) is 4.51. The number of nitro benzene ring substituents is 1. The van der Waals surface area contributed by atoms with Gasteiger partial charge >= 0.3 is 5.97 Å². The molecule has 10 nitrogen and oxygen atoms in total. The average Bonchev–Trinajstić information content (AvgIpc) is 2.84. The fourth-order valence-electron chi connectivity index (χ4n) is 2.74. The van der Waals surface area contributed by atoms with Crippen LogP contribution in [-0.2, 0) is 9.53 Å². The summed E-state index contributed by atoms with van der Waals surface area (Å²) >= 11 is 0. The quantitative estimate of drug-likeness (QED) is 0.228. The molecule has 0 saturated carbocycles. The number of hydrogen-bond acceptors (Lipinski definition) is 7. The molecule has 172 valence electrons. The van der Waals surface area contributed by atoms with E-state index in [1.54, 1.807) is 24.3 Å². The van der Waals surface area contributed by atoms with Gasteiger partial charge in [-0.15, -0.1) is 0 Å². The van der Waals surface area contributed by atoms with Crippen LogP contribution in [0.25, 0.3) is 0 Å². The molecule has 2 amide bonds. The Morgan fingerprint density at radius 3 is 2.38 bits per heavy atom. The summed E-state index contributed by atoms with van der Waals surface area (Å²) in [4.78, 5) is 46.4. The number of carbonyl (C=O) groups excluding carboxylic acids is 3. The normalized spacial score (nSPS) is 10.5. The molecule has 34 heavy (non-hydrogen) atoms. The Bertz CT molecular complexity index is 1240. The van der Waals surface area contributed by atoms with Crippen LogP contribution in [0.15, 0.2) is 77.9 Å². The molecule has 0 aliphatic heterocycles. The van der Waals surface area contributed by atoms with E-state index >= 15 is 0 Å². The second kappa shape index (κ2) is 11.1. The van der Waals surface area contributed by atoms with E-state index < -0.39 is 29.3 Å². The number of esters is 1. The number of anilines is 1. The Hall–Kier alpha value is -4.86. The highest BCUT2D eigenvalue weighted by Crippen LogP contribution is 2.13. The molecule has 3 rings (SSSR count). The van der Waals surface area contributed by atoms with Crippen LogP contribution >= 0.6 is 0 Å². The second-order valence-corrected chi connectivity index (χ2v) is 7.12. The summed E-state index contributed by atoms with van der Waals surface area (Å²) in [7, 11) is 0. The number of carbonyl (C=O) groups is 3. The summed E-state index contributed by atoms with van der Waals surface area (Å²) < 4.78 is 5.02. The van der Waals surface area contributed by atoms with Crippen LogP contribution < -0.4 is 10.7 Å². The van der Waals surface area contributed by atoms with Crippen molar-refractivity contribution in [1.29, 1.82) is 0 Å². The first-order valence-electron chi connectivity index (χ1n) is 10.0. The summed E-state index contributed by atoms with van der Waals surface area (Å²) in [6, 6.07) is 18.6. The predicted molar refractivity (Wildman–Crippen MR) is 125 cm³/mol. The van der Waals surface area contributed by atoms with Crippen LogP contribution in [-0.4, -0.2) is 35.5 Å². The highest BCUT2D eigenvalue weighted by Gasteiger charge is 2.12. The van der Waals surface area contributed by atoms with E-state index in [2.05, 4.69) is 15.8 Å². The molecule has 10 heteroatoms. The van der Waals surface area contributed by atoms with E-state index in [1.807, 2.05) is 19.1 Å². The molecule has 0 radical (unpaired) electrons. The number of non-ortho nitro benzene ring substituents is 1. The Kier molecular flexibility index (Phi) is 7.79. The van der Waals surface area contributed by atoms with Gasteiger partial charge in [-0.2, -0.15) is 5.10 Å². The zero-order valence-electron chi connectivity index (χ0n) is 18.1. The van der Waals surface area contributed by atoms with Crippen LogP contribution in [0.5, 0.6) is 0 Å². The standard InChI is InChI=1S/C24H20N4O6/c1-16-5-11-20(12-6-16)26-22(29)15-34-24(31)18-9-7-17(8-10-18)14-25-27-23(30)19-3-2-4-21(13-19)28(32)33/h2-14H,15H2,1H3,(H,26,29)(H,27,30)/b25-14+. The summed E-state index contributed by atoms with van der Waals surface area (Å²) in [5, 5.41) is 17.2. The van der Waals surface area contributed by atoms with Gasteiger partial charge in [-0.05, 0) is 42.8 Å². The fourth-order valence-corrected chi connectivity index (χ4v) is 2.74. The molecule has 0 fully saturated rings. The van der Waals surface area contributed by atoms with Gasteiger partial charge in [0.2, 0.25) is 0 Å². The third kappa shape index (κ3) is 6.82.